The minimum absolute atomic E-state index is 0.0283. The van der Waals surface area contributed by atoms with Gasteiger partial charge in [-0.05, 0) is 14.0 Å². The zero-order valence-corrected chi connectivity index (χ0v) is 13.9. The average Bonchev–Trinajstić information content (AvgIpc) is 3.11. The van der Waals surface area contributed by atoms with Crippen LogP contribution in [-0.2, 0) is 4.74 Å². The number of likely N-dealkylation sites (N-methyl/N-ethyl adjacent to an activating group) is 1. The Kier molecular flexibility index (Phi) is 3.47. The van der Waals surface area contributed by atoms with Crippen molar-refractivity contribution in [3.05, 3.63) is 33.2 Å². The number of rotatable bonds is 1. The lowest BCUT2D eigenvalue weighted by molar-refractivity contribution is -0.0368. The standard InChI is InChI=1S/C15H18N4O3S/c1-9-6-19-14(21)10(5-16-15(19)23-9)13(20)18-7-11-12(8-18)22-4-3-17(11)2/h5-6,11-12H,3-4,7-8H2,1-2H3. The van der Waals surface area contributed by atoms with Gasteiger partial charge in [0, 0.05) is 36.9 Å². The Labute approximate surface area is 137 Å². The molecule has 2 unspecified atom stereocenters. The van der Waals surface area contributed by atoms with Gasteiger partial charge in [0.1, 0.15) is 5.56 Å². The molecule has 0 N–H and O–H groups in total. The van der Waals surface area contributed by atoms with Crippen molar-refractivity contribution >= 4 is 22.2 Å². The van der Waals surface area contributed by atoms with E-state index >= 15 is 0 Å². The van der Waals surface area contributed by atoms with Crippen LogP contribution in [0.4, 0.5) is 0 Å². The van der Waals surface area contributed by atoms with Gasteiger partial charge < -0.3 is 9.64 Å². The summed E-state index contributed by atoms with van der Waals surface area (Å²) in [5.41, 5.74) is -0.171. The number of morpholine rings is 1. The zero-order chi connectivity index (χ0) is 16.1. The van der Waals surface area contributed by atoms with Crippen LogP contribution in [0, 0.1) is 6.92 Å². The molecule has 2 atom stereocenters. The number of aryl methyl sites for hydroxylation is 1. The van der Waals surface area contributed by atoms with Crippen LogP contribution in [0.5, 0.6) is 0 Å². The van der Waals surface area contributed by atoms with E-state index in [1.807, 2.05) is 14.0 Å². The molecule has 0 saturated carbocycles. The number of thiazole rings is 1. The van der Waals surface area contributed by atoms with Crippen molar-refractivity contribution in [3.8, 4) is 0 Å². The summed E-state index contributed by atoms with van der Waals surface area (Å²) >= 11 is 1.44. The molecule has 4 heterocycles. The van der Waals surface area contributed by atoms with Crippen molar-refractivity contribution in [3.63, 3.8) is 0 Å². The Morgan fingerprint density at radius 1 is 1.43 bits per heavy atom. The van der Waals surface area contributed by atoms with Gasteiger partial charge in [-0.25, -0.2) is 4.98 Å². The van der Waals surface area contributed by atoms with E-state index in [9.17, 15) is 9.59 Å². The van der Waals surface area contributed by atoms with E-state index in [-0.39, 0.29) is 29.2 Å². The number of nitrogens with zero attached hydrogens (tertiary/aromatic N) is 4. The fourth-order valence-corrected chi connectivity index (χ4v) is 4.12. The first-order valence-electron chi connectivity index (χ1n) is 7.63. The van der Waals surface area contributed by atoms with Gasteiger partial charge in [-0.1, -0.05) is 0 Å². The van der Waals surface area contributed by atoms with Gasteiger partial charge in [0.25, 0.3) is 11.5 Å². The van der Waals surface area contributed by atoms with Crippen molar-refractivity contribution < 1.29 is 9.53 Å². The van der Waals surface area contributed by atoms with Crippen molar-refractivity contribution in [2.24, 2.45) is 0 Å². The van der Waals surface area contributed by atoms with Crippen LogP contribution >= 0.6 is 11.3 Å². The summed E-state index contributed by atoms with van der Waals surface area (Å²) in [4.78, 5) is 35.1. The van der Waals surface area contributed by atoms with Crippen molar-refractivity contribution in [1.82, 2.24) is 19.2 Å². The van der Waals surface area contributed by atoms with E-state index in [0.29, 0.717) is 24.7 Å². The number of hydrogen-bond donors (Lipinski definition) is 0. The van der Waals surface area contributed by atoms with Gasteiger partial charge in [0.2, 0.25) is 0 Å². The Morgan fingerprint density at radius 2 is 2.26 bits per heavy atom. The predicted molar refractivity (Wildman–Crippen MR) is 86.1 cm³/mol. The van der Waals surface area contributed by atoms with E-state index in [4.69, 9.17) is 4.74 Å². The Balaban J connectivity index is 1.65. The van der Waals surface area contributed by atoms with Gasteiger partial charge in [-0.2, -0.15) is 0 Å². The second kappa shape index (κ2) is 5.40. The molecule has 0 bridgehead atoms. The number of carbonyl (C=O) groups is 1. The molecule has 8 heteroatoms. The van der Waals surface area contributed by atoms with Crippen LogP contribution in [0.3, 0.4) is 0 Å². The molecule has 2 aliphatic heterocycles. The minimum Gasteiger partial charge on any atom is -0.373 e. The summed E-state index contributed by atoms with van der Waals surface area (Å²) < 4.78 is 7.22. The minimum atomic E-state index is -0.298. The molecular formula is C15H18N4O3S. The Bertz CT molecular complexity index is 830. The third kappa shape index (κ3) is 2.37. The zero-order valence-electron chi connectivity index (χ0n) is 13.1. The molecule has 2 aromatic rings. The molecule has 2 aliphatic rings. The van der Waals surface area contributed by atoms with E-state index in [1.165, 1.54) is 21.9 Å². The highest BCUT2D eigenvalue weighted by atomic mass is 32.1. The van der Waals surface area contributed by atoms with Gasteiger partial charge >= 0.3 is 0 Å². The molecule has 4 rings (SSSR count). The molecule has 0 spiro atoms. The molecular weight excluding hydrogens is 316 g/mol. The van der Waals surface area contributed by atoms with Crippen LogP contribution in [0.25, 0.3) is 4.96 Å². The monoisotopic (exact) mass is 334 g/mol. The molecule has 0 radical (unpaired) electrons. The van der Waals surface area contributed by atoms with Crippen LogP contribution < -0.4 is 5.56 Å². The van der Waals surface area contributed by atoms with Crippen LogP contribution in [0.15, 0.2) is 17.2 Å². The highest BCUT2D eigenvalue weighted by molar-refractivity contribution is 7.16. The van der Waals surface area contributed by atoms with E-state index in [2.05, 4.69) is 9.88 Å². The van der Waals surface area contributed by atoms with Crippen molar-refractivity contribution in [2.75, 3.05) is 33.3 Å². The highest BCUT2D eigenvalue weighted by Crippen LogP contribution is 2.23. The van der Waals surface area contributed by atoms with Gasteiger partial charge in [-0.15, -0.1) is 11.3 Å². The second-order valence-corrected chi connectivity index (χ2v) is 7.35. The first kappa shape index (κ1) is 14.8. The molecule has 23 heavy (non-hydrogen) atoms. The first-order valence-corrected chi connectivity index (χ1v) is 8.45. The van der Waals surface area contributed by atoms with E-state index in [1.54, 1.807) is 11.1 Å². The fourth-order valence-electron chi connectivity index (χ4n) is 3.34. The molecule has 2 aromatic heterocycles. The lowest BCUT2D eigenvalue weighted by atomic mass is 10.1. The summed E-state index contributed by atoms with van der Waals surface area (Å²) in [6.45, 7) is 4.58. The highest BCUT2D eigenvalue weighted by Gasteiger charge is 2.41. The topological polar surface area (TPSA) is 67.2 Å². The van der Waals surface area contributed by atoms with Gasteiger partial charge in [0.15, 0.2) is 4.96 Å². The smallest absolute Gasteiger partial charge is 0.271 e. The second-order valence-electron chi connectivity index (χ2n) is 6.14. The number of hydrogen-bond acceptors (Lipinski definition) is 6. The normalized spacial score (nSPS) is 25.0. The average molecular weight is 334 g/mol. The lowest BCUT2D eigenvalue weighted by Gasteiger charge is -2.33. The van der Waals surface area contributed by atoms with Gasteiger partial charge in [0.05, 0.1) is 18.8 Å². The SMILES string of the molecule is Cc1cn2c(=O)c(C(=O)N3CC4OCCN(C)C4C3)cnc2s1. The molecule has 122 valence electrons. The Hall–Kier alpha value is -1.77. The molecule has 0 aromatic carbocycles. The largest absolute Gasteiger partial charge is 0.373 e. The third-order valence-electron chi connectivity index (χ3n) is 4.62. The van der Waals surface area contributed by atoms with E-state index < -0.39 is 0 Å². The third-order valence-corrected chi connectivity index (χ3v) is 5.53. The predicted octanol–water partition coefficient (Wildman–Crippen LogP) is 0.219. The number of likely N-dealkylation sites (tertiary alicyclic amines) is 1. The molecule has 2 fully saturated rings. The maximum absolute atomic E-state index is 12.8. The summed E-state index contributed by atoms with van der Waals surface area (Å²) in [5, 5.41) is 0. The summed E-state index contributed by atoms with van der Waals surface area (Å²) in [6, 6.07) is 0.204. The van der Waals surface area contributed by atoms with Gasteiger partial charge in [-0.3, -0.25) is 18.9 Å². The number of amides is 1. The summed E-state index contributed by atoms with van der Waals surface area (Å²) in [6.07, 6.45) is 3.16. The Morgan fingerprint density at radius 3 is 3.04 bits per heavy atom. The number of fused-ring (bicyclic) bond motifs is 2. The van der Waals surface area contributed by atoms with Crippen LogP contribution in [-0.4, -0.2) is 70.5 Å². The van der Waals surface area contributed by atoms with Crippen LogP contribution in [0.1, 0.15) is 15.2 Å². The maximum atomic E-state index is 12.8. The molecule has 7 nitrogen and oxygen atoms in total. The number of carbonyl (C=O) groups excluding carboxylic acids is 1. The molecule has 2 saturated heterocycles. The van der Waals surface area contributed by atoms with Crippen molar-refractivity contribution in [1.29, 1.82) is 0 Å². The van der Waals surface area contributed by atoms with E-state index in [0.717, 1.165) is 11.4 Å². The van der Waals surface area contributed by atoms with Crippen molar-refractivity contribution in [2.45, 2.75) is 19.1 Å². The quantitative estimate of drug-likeness (QED) is 0.746. The number of ether oxygens (including phenoxy) is 1. The number of aromatic nitrogens is 2. The maximum Gasteiger partial charge on any atom is 0.271 e. The molecule has 1 amide bonds. The lowest BCUT2D eigenvalue weighted by Crippen LogP contribution is -2.48. The molecule has 0 aliphatic carbocycles. The summed E-state index contributed by atoms with van der Waals surface area (Å²) in [5.74, 6) is -0.257. The van der Waals surface area contributed by atoms with Crippen LogP contribution in [0.2, 0.25) is 0 Å². The first-order chi connectivity index (χ1) is 11.0. The fraction of sp³-hybridized carbons (Fsp3) is 0.533. The summed E-state index contributed by atoms with van der Waals surface area (Å²) in [7, 11) is 2.05.